The van der Waals surface area contributed by atoms with E-state index < -0.39 is 60.3 Å². The highest BCUT2D eigenvalue weighted by Gasteiger charge is 2.52. The van der Waals surface area contributed by atoms with Crippen molar-refractivity contribution < 1.29 is 39.5 Å². The minimum atomic E-state index is -1.72. The van der Waals surface area contributed by atoms with Crippen LogP contribution in [0.5, 0.6) is 5.75 Å². The van der Waals surface area contributed by atoms with E-state index in [1.165, 1.54) is 25.1 Å². The van der Waals surface area contributed by atoms with E-state index >= 15 is 0 Å². The van der Waals surface area contributed by atoms with Crippen molar-refractivity contribution >= 4 is 17.7 Å². The van der Waals surface area contributed by atoms with Crippen molar-refractivity contribution in [3.05, 3.63) is 41.5 Å². The van der Waals surface area contributed by atoms with Crippen molar-refractivity contribution in [3.63, 3.8) is 0 Å². The molecule has 11 nitrogen and oxygen atoms in total. The van der Waals surface area contributed by atoms with Crippen LogP contribution in [0.15, 0.2) is 24.8 Å². The summed E-state index contributed by atoms with van der Waals surface area (Å²) in [6.07, 6.45) is -5.02. The molecular weight excluding hydrogens is 446 g/mol. The minimum absolute atomic E-state index is 0.0677. The first-order chi connectivity index (χ1) is 15.8. The number of ether oxygens (including phenoxy) is 1. The quantitative estimate of drug-likeness (QED) is 0.217. The van der Waals surface area contributed by atoms with Gasteiger partial charge in [0.05, 0.1) is 18.2 Å². The van der Waals surface area contributed by atoms with Crippen LogP contribution in [0.2, 0.25) is 0 Å². The van der Waals surface area contributed by atoms with Gasteiger partial charge in [-0.2, -0.15) is 0 Å². The van der Waals surface area contributed by atoms with E-state index in [0.29, 0.717) is 11.1 Å². The van der Waals surface area contributed by atoms with Crippen molar-refractivity contribution in [2.24, 2.45) is 5.73 Å². The molecule has 34 heavy (non-hydrogen) atoms. The number of carbonyl (C=O) groups excluding carboxylic acids is 3. The Labute approximate surface area is 197 Å². The summed E-state index contributed by atoms with van der Waals surface area (Å²) in [5.41, 5.74) is 5.04. The zero-order valence-corrected chi connectivity index (χ0v) is 19.4. The molecule has 6 atom stereocenters. The molecule has 1 saturated heterocycles. The number of hydrogen-bond donors (Lipinski definition) is 7. The average Bonchev–Trinajstić information content (AvgIpc) is 2.76. The van der Waals surface area contributed by atoms with Crippen molar-refractivity contribution in [1.82, 2.24) is 10.6 Å². The highest BCUT2D eigenvalue weighted by atomic mass is 16.5. The summed E-state index contributed by atoms with van der Waals surface area (Å²) in [5.74, 6) is -1.91. The van der Waals surface area contributed by atoms with Crippen molar-refractivity contribution in [3.8, 4) is 5.75 Å². The molecule has 1 fully saturated rings. The van der Waals surface area contributed by atoms with E-state index in [1.54, 1.807) is 13.8 Å². The molecule has 0 aliphatic carbocycles. The van der Waals surface area contributed by atoms with Crippen LogP contribution in [0.25, 0.3) is 0 Å². The third kappa shape index (κ3) is 5.92. The number of aliphatic hydroxyl groups is 3. The standard InChI is InChI=1S/C23H33N3O8/c1-5-6-23(22(24)33)9-15(28)17(26-13(4)27)20(34-23)19(31)16(29)10-25-21(32)14-7-11(2)18(30)12(3)8-14/h5,7-8,15-17,19-20,28-31H,1,6,9-10H2,2-4H3,(H2,24,33)(H,25,32)(H,26,27)/t15-,16+,17+,19+,20+,23+/m0/s1. The molecule has 0 aromatic heterocycles. The number of nitrogens with two attached hydrogens (primary N) is 1. The Hall–Kier alpha value is -2.99. The molecule has 1 aliphatic rings. The first-order valence-electron chi connectivity index (χ1n) is 10.8. The Morgan fingerprint density at radius 1 is 1.29 bits per heavy atom. The van der Waals surface area contributed by atoms with E-state index in [2.05, 4.69) is 17.2 Å². The molecule has 188 valence electrons. The van der Waals surface area contributed by atoms with Gasteiger partial charge in [-0.3, -0.25) is 14.4 Å². The molecule has 0 bridgehead atoms. The van der Waals surface area contributed by atoms with E-state index in [4.69, 9.17) is 10.5 Å². The highest BCUT2D eigenvalue weighted by Crippen LogP contribution is 2.34. The Kier molecular flexibility index (Phi) is 8.78. The molecule has 1 aliphatic heterocycles. The lowest BCUT2D eigenvalue weighted by molar-refractivity contribution is -0.215. The molecule has 0 saturated carbocycles. The van der Waals surface area contributed by atoms with Crippen LogP contribution in [-0.2, 0) is 14.3 Å². The zero-order valence-electron chi connectivity index (χ0n) is 19.4. The predicted octanol–water partition coefficient (Wildman–Crippen LogP) is -1.08. The van der Waals surface area contributed by atoms with Crippen LogP contribution < -0.4 is 16.4 Å². The van der Waals surface area contributed by atoms with Crippen molar-refractivity contribution in [1.29, 1.82) is 0 Å². The van der Waals surface area contributed by atoms with Gasteiger partial charge in [-0.15, -0.1) is 6.58 Å². The maximum Gasteiger partial charge on any atom is 0.251 e. The summed E-state index contributed by atoms with van der Waals surface area (Å²) in [6, 6.07) is 1.80. The van der Waals surface area contributed by atoms with Crippen LogP contribution in [-0.4, -0.2) is 80.8 Å². The molecule has 1 heterocycles. The smallest absolute Gasteiger partial charge is 0.251 e. The highest BCUT2D eigenvalue weighted by molar-refractivity contribution is 5.94. The number of nitrogens with one attached hydrogen (secondary N) is 2. The third-order valence-electron chi connectivity index (χ3n) is 5.92. The Balaban J connectivity index is 2.21. The van der Waals surface area contributed by atoms with Crippen LogP contribution in [0.4, 0.5) is 0 Å². The van der Waals surface area contributed by atoms with E-state index in [-0.39, 0.29) is 24.2 Å². The Morgan fingerprint density at radius 3 is 2.38 bits per heavy atom. The molecule has 11 heteroatoms. The van der Waals surface area contributed by atoms with E-state index in [1.807, 2.05) is 0 Å². The number of amides is 3. The minimum Gasteiger partial charge on any atom is -0.507 e. The molecule has 0 radical (unpaired) electrons. The largest absolute Gasteiger partial charge is 0.507 e. The predicted molar refractivity (Wildman–Crippen MR) is 122 cm³/mol. The maximum atomic E-state index is 12.5. The van der Waals surface area contributed by atoms with Crippen molar-refractivity contribution in [2.45, 2.75) is 69.7 Å². The topological polar surface area (TPSA) is 191 Å². The summed E-state index contributed by atoms with van der Waals surface area (Å²) in [5, 5.41) is 46.9. The molecule has 3 amide bonds. The number of phenolic OH excluding ortho intramolecular Hbond substituents is 1. The van der Waals surface area contributed by atoms with E-state index in [9.17, 15) is 34.8 Å². The number of aliphatic hydroxyl groups excluding tert-OH is 3. The van der Waals surface area contributed by atoms with Crippen molar-refractivity contribution in [2.75, 3.05) is 6.54 Å². The van der Waals surface area contributed by atoms with Gasteiger partial charge in [0.1, 0.15) is 18.0 Å². The second-order valence-corrected chi connectivity index (χ2v) is 8.66. The summed E-state index contributed by atoms with van der Waals surface area (Å²) in [4.78, 5) is 36.3. The fourth-order valence-electron chi connectivity index (χ4n) is 4.11. The first kappa shape index (κ1) is 27.3. The second kappa shape index (κ2) is 11.0. The number of benzene rings is 1. The summed E-state index contributed by atoms with van der Waals surface area (Å²) in [6.45, 7) is 7.63. The van der Waals surface area contributed by atoms with Gasteiger partial charge in [0.2, 0.25) is 11.8 Å². The number of hydrogen-bond acceptors (Lipinski definition) is 8. The lowest BCUT2D eigenvalue weighted by atomic mass is 9.81. The van der Waals surface area contributed by atoms with Gasteiger partial charge in [0.15, 0.2) is 5.60 Å². The van der Waals surface area contributed by atoms with Crippen LogP contribution in [0.1, 0.15) is 41.3 Å². The third-order valence-corrected chi connectivity index (χ3v) is 5.92. The van der Waals surface area contributed by atoms with Gasteiger partial charge in [0.25, 0.3) is 5.91 Å². The number of carbonyl (C=O) groups is 3. The SMILES string of the molecule is C=CC[C@]1(C(N)=O)C[C@H](O)[C@@H](NC(C)=O)[C@H]([C@H](O)[C@H](O)CNC(=O)c2cc(C)c(O)c(C)c2)O1. The van der Waals surface area contributed by atoms with Gasteiger partial charge in [-0.05, 0) is 37.1 Å². The Morgan fingerprint density at radius 2 is 1.88 bits per heavy atom. The first-order valence-corrected chi connectivity index (χ1v) is 10.8. The fraction of sp³-hybridized carbons (Fsp3) is 0.522. The average molecular weight is 480 g/mol. The Bertz CT molecular complexity index is 929. The van der Waals surface area contributed by atoms with Crippen LogP contribution in [0.3, 0.4) is 0 Å². The van der Waals surface area contributed by atoms with Gasteiger partial charge < -0.3 is 41.5 Å². The fourth-order valence-corrected chi connectivity index (χ4v) is 4.11. The zero-order chi connectivity index (χ0) is 25.8. The van der Waals surface area contributed by atoms with Gasteiger partial charge in [-0.25, -0.2) is 0 Å². The normalized spacial score (nSPS) is 26.2. The van der Waals surface area contributed by atoms with E-state index in [0.717, 1.165) is 0 Å². The second-order valence-electron chi connectivity index (χ2n) is 8.66. The molecule has 1 aromatic carbocycles. The van der Waals surface area contributed by atoms with Crippen LogP contribution >= 0.6 is 0 Å². The summed E-state index contributed by atoms with van der Waals surface area (Å²) < 4.78 is 5.81. The molecule has 2 rings (SSSR count). The number of aryl methyl sites for hydroxylation is 2. The molecule has 8 N–H and O–H groups in total. The lowest BCUT2D eigenvalue weighted by Gasteiger charge is -2.47. The molecule has 0 unspecified atom stereocenters. The van der Waals surface area contributed by atoms with Gasteiger partial charge in [-0.1, -0.05) is 6.08 Å². The number of rotatable bonds is 9. The lowest BCUT2D eigenvalue weighted by Crippen LogP contribution is -2.68. The number of primary amides is 1. The van der Waals surface area contributed by atoms with Gasteiger partial charge in [0, 0.05) is 31.9 Å². The number of aromatic hydroxyl groups is 1. The molecular formula is C23H33N3O8. The van der Waals surface area contributed by atoms with Gasteiger partial charge >= 0.3 is 0 Å². The maximum absolute atomic E-state index is 12.5. The molecule has 1 aromatic rings. The monoisotopic (exact) mass is 479 g/mol. The number of phenols is 1. The summed E-state index contributed by atoms with van der Waals surface area (Å²) >= 11 is 0. The molecule has 0 spiro atoms. The summed E-state index contributed by atoms with van der Waals surface area (Å²) in [7, 11) is 0. The van der Waals surface area contributed by atoms with Crippen LogP contribution in [0, 0.1) is 13.8 Å².